The molecule has 19 heavy (non-hydrogen) atoms. The van der Waals surface area contributed by atoms with Gasteiger partial charge in [0.15, 0.2) is 5.75 Å². The van der Waals surface area contributed by atoms with Gasteiger partial charge in [0, 0.05) is 12.4 Å². The van der Waals surface area contributed by atoms with Crippen LogP contribution in [0.5, 0.6) is 17.4 Å². The molecule has 3 rings (SSSR count). The van der Waals surface area contributed by atoms with Crippen molar-refractivity contribution in [3.8, 4) is 17.4 Å². The first-order valence-corrected chi connectivity index (χ1v) is 5.67. The van der Waals surface area contributed by atoms with Gasteiger partial charge in [-0.15, -0.1) is 0 Å². The highest BCUT2D eigenvalue weighted by atomic mass is 16.5. The van der Waals surface area contributed by atoms with Gasteiger partial charge in [-0.05, 0) is 18.2 Å². The molecule has 3 N–H and O–H groups in total. The highest BCUT2D eigenvalue weighted by Gasteiger charge is 2.09. The minimum atomic E-state index is 0.440. The van der Waals surface area contributed by atoms with Crippen molar-refractivity contribution in [1.82, 2.24) is 15.0 Å². The molecule has 0 aliphatic rings. The maximum absolute atomic E-state index is 5.76. The molecule has 2 heterocycles. The number of hydrogen-bond acceptors (Lipinski definition) is 5. The maximum atomic E-state index is 5.76. The first-order valence-electron chi connectivity index (χ1n) is 5.67. The largest absolute Gasteiger partial charge is 0.497 e. The van der Waals surface area contributed by atoms with Crippen molar-refractivity contribution >= 4 is 16.6 Å². The molecule has 6 nitrogen and oxygen atoms in total. The van der Waals surface area contributed by atoms with Crippen molar-refractivity contribution in [1.29, 1.82) is 0 Å². The molecule has 3 aromatic rings. The van der Waals surface area contributed by atoms with E-state index in [1.807, 2.05) is 18.2 Å². The fourth-order valence-corrected chi connectivity index (χ4v) is 1.77. The van der Waals surface area contributed by atoms with Crippen molar-refractivity contribution in [2.75, 3.05) is 12.8 Å². The zero-order valence-corrected chi connectivity index (χ0v) is 10.3. The molecule has 0 radical (unpaired) electrons. The van der Waals surface area contributed by atoms with E-state index in [1.165, 1.54) is 6.33 Å². The molecule has 0 fully saturated rings. The number of anilines is 1. The van der Waals surface area contributed by atoms with Crippen LogP contribution in [0.2, 0.25) is 0 Å². The molecule has 6 heteroatoms. The fraction of sp³-hybridized carbons (Fsp3) is 0.0769. The molecule has 0 atom stereocenters. The molecular formula is C13H12N4O2. The van der Waals surface area contributed by atoms with E-state index in [0.29, 0.717) is 23.1 Å². The van der Waals surface area contributed by atoms with Gasteiger partial charge in [0.25, 0.3) is 0 Å². The summed E-state index contributed by atoms with van der Waals surface area (Å²) in [5, 5.41) is 0.766. The van der Waals surface area contributed by atoms with E-state index in [9.17, 15) is 0 Å². The number of H-pyrrole nitrogens is 1. The summed E-state index contributed by atoms with van der Waals surface area (Å²) >= 11 is 0. The number of nitrogens with two attached hydrogens (primary N) is 1. The molecule has 0 amide bonds. The summed E-state index contributed by atoms with van der Waals surface area (Å²) in [6, 6.07) is 5.51. The zero-order valence-electron chi connectivity index (χ0n) is 10.3. The first-order chi connectivity index (χ1) is 9.28. The van der Waals surface area contributed by atoms with Gasteiger partial charge in [-0.1, -0.05) is 0 Å². The number of nitrogen functional groups attached to an aromatic ring is 1. The van der Waals surface area contributed by atoms with Gasteiger partial charge in [-0.2, -0.15) is 0 Å². The van der Waals surface area contributed by atoms with Gasteiger partial charge in [0.2, 0.25) is 5.88 Å². The number of nitrogens with one attached hydrogen (secondary N) is 1. The third kappa shape index (κ3) is 2.03. The molecule has 0 spiro atoms. The lowest BCUT2D eigenvalue weighted by molar-refractivity contribution is 0.415. The Morgan fingerprint density at radius 3 is 2.84 bits per heavy atom. The number of methoxy groups -OCH3 is 1. The SMILES string of the molecule is COc1ccc2ncnc(Oc3c[nH]cc3N)c2c1. The Bertz CT molecular complexity index is 723. The summed E-state index contributed by atoms with van der Waals surface area (Å²) in [6.45, 7) is 0. The molecule has 2 aromatic heterocycles. The van der Waals surface area contributed by atoms with E-state index >= 15 is 0 Å². The van der Waals surface area contributed by atoms with E-state index in [2.05, 4.69) is 15.0 Å². The average molecular weight is 256 g/mol. The van der Waals surface area contributed by atoms with E-state index in [4.69, 9.17) is 15.2 Å². The van der Waals surface area contributed by atoms with Gasteiger partial charge < -0.3 is 20.2 Å². The molecular weight excluding hydrogens is 244 g/mol. The normalized spacial score (nSPS) is 10.6. The van der Waals surface area contributed by atoms with Crippen LogP contribution in [0.4, 0.5) is 5.69 Å². The summed E-state index contributed by atoms with van der Waals surface area (Å²) in [6.07, 6.45) is 4.77. The summed E-state index contributed by atoms with van der Waals surface area (Å²) in [5.74, 6) is 1.69. The van der Waals surface area contributed by atoms with Crippen molar-refractivity contribution in [3.63, 3.8) is 0 Å². The van der Waals surface area contributed by atoms with Crippen LogP contribution in [0.1, 0.15) is 0 Å². The second-order valence-electron chi connectivity index (χ2n) is 3.94. The third-order valence-corrected chi connectivity index (χ3v) is 2.75. The Balaban J connectivity index is 2.10. The molecule has 0 bridgehead atoms. The van der Waals surface area contributed by atoms with Crippen molar-refractivity contribution < 1.29 is 9.47 Å². The van der Waals surface area contributed by atoms with E-state index < -0.39 is 0 Å². The van der Waals surface area contributed by atoms with Crippen LogP contribution in [0.25, 0.3) is 10.9 Å². The minimum absolute atomic E-state index is 0.440. The van der Waals surface area contributed by atoms with Crippen LogP contribution in [0.15, 0.2) is 36.9 Å². The van der Waals surface area contributed by atoms with Crippen LogP contribution in [0.3, 0.4) is 0 Å². The lowest BCUT2D eigenvalue weighted by atomic mass is 10.2. The van der Waals surface area contributed by atoms with Gasteiger partial charge in [-0.3, -0.25) is 0 Å². The number of aromatic amines is 1. The monoisotopic (exact) mass is 256 g/mol. The molecule has 0 aliphatic carbocycles. The minimum Gasteiger partial charge on any atom is -0.497 e. The Morgan fingerprint density at radius 1 is 1.21 bits per heavy atom. The number of benzene rings is 1. The number of fused-ring (bicyclic) bond motifs is 1. The molecule has 1 aromatic carbocycles. The number of rotatable bonds is 3. The predicted molar refractivity (Wildman–Crippen MR) is 71.4 cm³/mol. The fourth-order valence-electron chi connectivity index (χ4n) is 1.77. The van der Waals surface area contributed by atoms with Crippen LogP contribution >= 0.6 is 0 Å². The zero-order chi connectivity index (χ0) is 13.2. The second-order valence-corrected chi connectivity index (χ2v) is 3.94. The van der Waals surface area contributed by atoms with Gasteiger partial charge in [0.1, 0.15) is 12.1 Å². The Kier molecular flexibility index (Phi) is 2.68. The third-order valence-electron chi connectivity index (χ3n) is 2.75. The lowest BCUT2D eigenvalue weighted by Gasteiger charge is -2.07. The van der Waals surface area contributed by atoms with Gasteiger partial charge >= 0.3 is 0 Å². The standard InChI is InChI=1S/C13H12N4O2/c1-18-8-2-3-11-9(4-8)13(17-7-16-11)19-12-6-15-5-10(12)14/h2-7,15H,14H2,1H3. The topological polar surface area (TPSA) is 86.1 Å². The lowest BCUT2D eigenvalue weighted by Crippen LogP contribution is -1.93. The van der Waals surface area contributed by atoms with Crippen LogP contribution in [-0.4, -0.2) is 22.1 Å². The van der Waals surface area contributed by atoms with Crippen LogP contribution in [-0.2, 0) is 0 Å². The number of aromatic nitrogens is 3. The molecule has 0 aliphatic heterocycles. The number of nitrogens with zero attached hydrogens (tertiary/aromatic N) is 2. The summed E-state index contributed by atoms with van der Waals surface area (Å²) in [4.78, 5) is 11.2. The highest BCUT2D eigenvalue weighted by Crippen LogP contribution is 2.31. The Labute approximate surface area is 109 Å². The number of hydrogen-bond donors (Lipinski definition) is 2. The van der Waals surface area contributed by atoms with Crippen molar-refractivity contribution in [2.24, 2.45) is 0 Å². The first kappa shape index (κ1) is 11.3. The number of ether oxygens (including phenoxy) is 2. The van der Waals surface area contributed by atoms with E-state index in [1.54, 1.807) is 19.5 Å². The second kappa shape index (κ2) is 4.49. The molecule has 96 valence electrons. The highest BCUT2D eigenvalue weighted by molar-refractivity contribution is 5.85. The Hall–Kier alpha value is -2.76. The van der Waals surface area contributed by atoms with Gasteiger partial charge in [0.05, 0.1) is 23.7 Å². The van der Waals surface area contributed by atoms with Crippen LogP contribution < -0.4 is 15.2 Å². The summed E-state index contributed by atoms with van der Waals surface area (Å²) < 4.78 is 10.9. The van der Waals surface area contributed by atoms with Gasteiger partial charge in [-0.25, -0.2) is 9.97 Å². The van der Waals surface area contributed by atoms with E-state index in [0.717, 1.165) is 10.9 Å². The summed E-state index contributed by atoms with van der Waals surface area (Å²) in [7, 11) is 1.61. The smallest absolute Gasteiger partial charge is 0.230 e. The Morgan fingerprint density at radius 2 is 2.11 bits per heavy atom. The summed E-state index contributed by atoms with van der Waals surface area (Å²) in [5.41, 5.74) is 7.06. The average Bonchev–Trinajstić information content (AvgIpc) is 2.84. The van der Waals surface area contributed by atoms with Crippen molar-refractivity contribution in [2.45, 2.75) is 0 Å². The molecule has 0 saturated heterocycles. The maximum Gasteiger partial charge on any atom is 0.230 e. The van der Waals surface area contributed by atoms with E-state index in [-0.39, 0.29) is 0 Å². The van der Waals surface area contributed by atoms with Crippen LogP contribution in [0, 0.1) is 0 Å². The molecule has 0 saturated carbocycles. The quantitative estimate of drug-likeness (QED) is 0.751. The molecule has 0 unspecified atom stereocenters. The van der Waals surface area contributed by atoms with Crippen molar-refractivity contribution in [3.05, 3.63) is 36.9 Å². The predicted octanol–water partition coefficient (Wildman–Crippen LogP) is 2.34.